The third-order valence-corrected chi connectivity index (χ3v) is 9.16. The fourth-order valence-corrected chi connectivity index (χ4v) is 2.87. The van der Waals surface area contributed by atoms with E-state index < -0.39 is 26.2 Å². The van der Waals surface area contributed by atoms with Crippen LogP contribution in [-0.2, 0) is 19.1 Å². The Morgan fingerprint density at radius 2 is 2.04 bits per heavy atom. The van der Waals surface area contributed by atoms with E-state index in [9.17, 15) is 9.59 Å². The second kappa shape index (κ2) is 7.98. The maximum absolute atomic E-state index is 12.1. The minimum Gasteiger partial charge on any atom is -0.467 e. The van der Waals surface area contributed by atoms with Crippen molar-refractivity contribution in [1.29, 1.82) is 0 Å². The molecule has 0 aromatic heterocycles. The maximum Gasteiger partial charge on any atom is 0.329 e. The fraction of sp³-hybridized carbons (Fsp3) is 0.765. The van der Waals surface area contributed by atoms with E-state index in [0.29, 0.717) is 13.0 Å². The van der Waals surface area contributed by atoms with Gasteiger partial charge in [-0.3, -0.25) is 4.79 Å². The predicted octanol–water partition coefficient (Wildman–Crippen LogP) is 2.26. The van der Waals surface area contributed by atoms with Crippen molar-refractivity contribution in [3.63, 3.8) is 0 Å². The molecule has 1 amide bonds. The fourth-order valence-electron chi connectivity index (χ4n) is 1.95. The predicted molar refractivity (Wildman–Crippen MR) is 92.5 cm³/mol. The van der Waals surface area contributed by atoms with Crippen LogP contribution >= 0.6 is 0 Å². The first kappa shape index (κ1) is 19.7. The summed E-state index contributed by atoms with van der Waals surface area (Å²) in [5.74, 6) is 2.37. The Bertz CT molecular complexity index is 493. The third kappa shape index (κ3) is 5.67. The highest BCUT2D eigenvalue weighted by Gasteiger charge is 2.34. The van der Waals surface area contributed by atoms with Gasteiger partial charge in [0.1, 0.15) is 20.2 Å². The number of carbonyl (C=O) groups excluding carboxylic acids is 2. The number of nitrogens with one attached hydrogen (secondary N) is 1. The first-order valence-electron chi connectivity index (χ1n) is 8.08. The number of ether oxygens (including phenoxy) is 2. The van der Waals surface area contributed by atoms with Crippen LogP contribution in [0.25, 0.3) is 0 Å². The number of esters is 1. The molecule has 0 aliphatic carbocycles. The summed E-state index contributed by atoms with van der Waals surface area (Å²) in [6, 6.07) is -0.742. The molecule has 1 saturated heterocycles. The van der Waals surface area contributed by atoms with Crippen molar-refractivity contribution in [3.05, 3.63) is 0 Å². The molecule has 0 unspecified atom stereocenters. The van der Waals surface area contributed by atoms with Crippen molar-refractivity contribution in [2.75, 3.05) is 13.7 Å². The summed E-state index contributed by atoms with van der Waals surface area (Å²) >= 11 is 0. The summed E-state index contributed by atoms with van der Waals surface area (Å²) in [5, 5.41) is 2.86. The number of hydrogen-bond acceptors (Lipinski definition) is 4. The van der Waals surface area contributed by atoms with Gasteiger partial charge < -0.3 is 14.8 Å². The Morgan fingerprint density at radius 3 is 2.52 bits per heavy atom. The Hall–Kier alpha value is -1.32. The van der Waals surface area contributed by atoms with Crippen molar-refractivity contribution in [2.24, 2.45) is 0 Å². The minimum atomic E-state index is -1.73. The second-order valence-electron chi connectivity index (χ2n) is 7.47. The zero-order valence-electron chi connectivity index (χ0n) is 15.1. The molecule has 1 aliphatic heterocycles. The average Bonchev–Trinajstić information content (AvgIpc) is 2.98. The molecule has 1 rings (SSSR count). The molecule has 2 atom stereocenters. The van der Waals surface area contributed by atoms with Crippen LogP contribution in [-0.4, -0.2) is 45.8 Å². The zero-order chi connectivity index (χ0) is 17.7. The lowest BCUT2D eigenvalue weighted by Gasteiger charge is -2.31. The molecule has 0 bridgehead atoms. The van der Waals surface area contributed by atoms with Gasteiger partial charge >= 0.3 is 5.97 Å². The zero-order valence-corrected chi connectivity index (χ0v) is 16.1. The second-order valence-corrected chi connectivity index (χ2v) is 12.5. The molecule has 0 aromatic rings. The first-order chi connectivity index (χ1) is 10.6. The monoisotopic (exact) mass is 339 g/mol. The molecular formula is C17H29NO4Si. The molecule has 1 fully saturated rings. The van der Waals surface area contributed by atoms with Gasteiger partial charge in [0.2, 0.25) is 5.91 Å². The lowest BCUT2D eigenvalue weighted by molar-refractivity contribution is -0.146. The number of amides is 1. The summed E-state index contributed by atoms with van der Waals surface area (Å²) in [6.07, 6.45) is 1.36. The van der Waals surface area contributed by atoms with Crippen LogP contribution < -0.4 is 5.32 Å². The molecule has 23 heavy (non-hydrogen) atoms. The third-order valence-electron chi connectivity index (χ3n) is 4.61. The normalized spacial score (nSPS) is 19.5. The van der Waals surface area contributed by atoms with Crippen LogP contribution in [0.4, 0.5) is 0 Å². The van der Waals surface area contributed by atoms with E-state index in [1.54, 1.807) is 0 Å². The summed E-state index contributed by atoms with van der Waals surface area (Å²) in [7, 11) is -0.419. The van der Waals surface area contributed by atoms with E-state index in [1.807, 2.05) is 0 Å². The van der Waals surface area contributed by atoms with Gasteiger partial charge in [-0.1, -0.05) is 33.9 Å². The largest absolute Gasteiger partial charge is 0.467 e. The Balaban J connectivity index is 2.73. The van der Waals surface area contributed by atoms with Crippen LogP contribution in [0.15, 0.2) is 0 Å². The molecule has 130 valence electrons. The Morgan fingerprint density at radius 1 is 1.39 bits per heavy atom. The summed E-state index contributed by atoms with van der Waals surface area (Å²) in [4.78, 5) is 24.0. The van der Waals surface area contributed by atoms with E-state index in [0.717, 1.165) is 6.42 Å². The topological polar surface area (TPSA) is 64.6 Å². The van der Waals surface area contributed by atoms with Crippen molar-refractivity contribution in [1.82, 2.24) is 5.32 Å². The van der Waals surface area contributed by atoms with Crippen molar-refractivity contribution < 1.29 is 19.1 Å². The minimum absolute atomic E-state index is 0.154. The number of hydrogen-bond donors (Lipinski definition) is 1. The average molecular weight is 340 g/mol. The number of carbonyl (C=O) groups is 2. The van der Waals surface area contributed by atoms with Crippen LogP contribution in [0, 0.1) is 11.5 Å². The van der Waals surface area contributed by atoms with Gasteiger partial charge in [0.05, 0.1) is 7.11 Å². The molecule has 0 radical (unpaired) electrons. The number of methoxy groups -OCH3 is 1. The standard InChI is InChI=1S/C17H29NO4Si/c1-17(2,3)23(5,6)12-8-9-13(16(20)21-4)18-15(19)14-10-7-11-22-14/h13-14H,7,9-11H2,1-6H3,(H,18,19)/t13-,14-/m1/s1. The first-order valence-corrected chi connectivity index (χ1v) is 11.1. The molecule has 5 nitrogen and oxygen atoms in total. The highest BCUT2D eigenvalue weighted by molar-refractivity contribution is 6.87. The van der Waals surface area contributed by atoms with Crippen LogP contribution in [0.1, 0.15) is 40.0 Å². The Labute approximate surface area is 140 Å². The van der Waals surface area contributed by atoms with Crippen LogP contribution in [0.5, 0.6) is 0 Å². The number of rotatable bonds is 4. The quantitative estimate of drug-likeness (QED) is 0.485. The van der Waals surface area contributed by atoms with E-state index in [2.05, 4.69) is 50.6 Å². The SMILES string of the molecule is COC(=O)[C@@H](CC#C[Si](C)(C)C(C)(C)C)NC(=O)[C@H]1CCCO1. The van der Waals surface area contributed by atoms with Gasteiger partial charge in [0.25, 0.3) is 0 Å². The molecule has 6 heteroatoms. The summed E-state index contributed by atoms with van der Waals surface area (Å²) in [6.45, 7) is 11.6. The van der Waals surface area contributed by atoms with E-state index in [-0.39, 0.29) is 17.4 Å². The molecule has 1 heterocycles. The molecule has 1 aliphatic rings. The molecular weight excluding hydrogens is 310 g/mol. The molecule has 0 spiro atoms. The van der Waals surface area contributed by atoms with Crippen LogP contribution in [0.3, 0.4) is 0 Å². The summed E-state index contributed by atoms with van der Waals surface area (Å²) < 4.78 is 10.1. The molecule has 0 aromatic carbocycles. The van der Waals surface area contributed by atoms with Gasteiger partial charge in [-0.15, -0.1) is 11.5 Å². The van der Waals surface area contributed by atoms with Crippen molar-refractivity contribution in [2.45, 2.75) is 70.3 Å². The lowest BCUT2D eigenvalue weighted by Crippen LogP contribution is -2.45. The summed E-state index contributed by atoms with van der Waals surface area (Å²) in [5.41, 5.74) is 3.35. The lowest BCUT2D eigenvalue weighted by atomic mass is 10.2. The van der Waals surface area contributed by atoms with Gasteiger partial charge in [0, 0.05) is 13.0 Å². The highest BCUT2D eigenvalue weighted by Crippen LogP contribution is 2.35. The van der Waals surface area contributed by atoms with Gasteiger partial charge in [-0.2, -0.15) is 0 Å². The van der Waals surface area contributed by atoms with Crippen LogP contribution in [0.2, 0.25) is 18.1 Å². The maximum atomic E-state index is 12.1. The van der Waals surface area contributed by atoms with Crippen molar-refractivity contribution >= 4 is 20.0 Å². The Kier molecular flexibility index (Phi) is 6.84. The van der Waals surface area contributed by atoms with Crippen molar-refractivity contribution in [3.8, 4) is 11.5 Å². The van der Waals surface area contributed by atoms with E-state index in [4.69, 9.17) is 9.47 Å². The van der Waals surface area contributed by atoms with Gasteiger partial charge in [0.15, 0.2) is 0 Å². The molecule has 1 N–H and O–H groups in total. The molecule has 0 saturated carbocycles. The van der Waals surface area contributed by atoms with Gasteiger partial charge in [-0.05, 0) is 17.9 Å². The van der Waals surface area contributed by atoms with E-state index >= 15 is 0 Å². The van der Waals surface area contributed by atoms with E-state index in [1.165, 1.54) is 7.11 Å². The smallest absolute Gasteiger partial charge is 0.329 e. The van der Waals surface area contributed by atoms with Gasteiger partial charge in [-0.25, -0.2) is 4.79 Å². The highest BCUT2D eigenvalue weighted by atomic mass is 28.3.